The van der Waals surface area contributed by atoms with E-state index in [1.165, 1.54) is 23.7 Å². The maximum atomic E-state index is 14.0. The first-order valence-corrected chi connectivity index (χ1v) is 10.5. The Morgan fingerprint density at radius 3 is 2.97 bits per heavy atom. The molecule has 3 aromatic rings. The SMILES string of the molecule is Cn1ncc(NC(=O)c2csc(-c3cccc(F)c3F)n2)c1[C@@H]1CC[C@@H](N)[C@H](F)CO1. The molecule has 164 valence electrons. The normalized spacial score (nSPS) is 21.6. The molecule has 0 bridgehead atoms. The number of halogens is 3. The molecule has 0 spiro atoms. The number of nitrogens with two attached hydrogens (primary N) is 1. The molecule has 7 nitrogen and oxygen atoms in total. The zero-order valence-corrected chi connectivity index (χ0v) is 17.3. The third kappa shape index (κ3) is 4.34. The molecule has 1 fully saturated rings. The Morgan fingerprint density at radius 2 is 2.16 bits per heavy atom. The lowest BCUT2D eigenvalue weighted by molar-refractivity contribution is 0.0247. The highest BCUT2D eigenvalue weighted by Crippen LogP contribution is 2.33. The zero-order chi connectivity index (χ0) is 22.1. The molecule has 0 aliphatic carbocycles. The molecule has 0 radical (unpaired) electrons. The lowest BCUT2D eigenvalue weighted by Gasteiger charge is -2.17. The summed E-state index contributed by atoms with van der Waals surface area (Å²) in [5, 5.41) is 8.54. The van der Waals surface area contributed by atoms with Crippen LogP contribution >= 0.6 is 11.3 Å². The molecule has 0 saturated carbocycles. The van der Waals surface area contributed by atoms with Crippen molar-refractivity contribution in [3.8, 4) is 10.6 Å². The molecule has 1 amide bonds. The lowest BCUT2D eigenvalue weighted by Crippen LogP contribution is -2.32. The van der Waals surface area contributed by atoms with Crippen LogP contribution in [0.25, 0.3) is 10.6 Å². The zero-order valence-electron chi connectivity index (χ0n) is 16.5. The Bertz CT molecular complexity index is 1090. The number of rotatable bonds is 4. The first-order chi connectivity index (χ1) is 14.8. The van der Waals surface area contributed by atoms with Gasteiger partial charge in [0, 0.05) is 24.0 Å². The second-order valence-electron chi connectivity index (χ2n) is 7.24. The number of aryl methyl sites for hydroxylation is 1. The number of anilines is 1. The third-order valence-corrected chi connectivity index (χ3v) is 6.02. The van der Waals surface area contributed by atoms with E-state index in [2.05, 4.69) is 15.4 Å². The van der Waals surface area contributed by atoms with Crippen LogP contribution in [-0.4, -0.2) is 39.5 Å². The third-order valence-electron chi connectivity index (χ3n) is 5.14. The predicted molar refractivity (Wildman–Crippen MR) is 109 cm³/mol. The van der Waals surface area contributed by atoms with Crippen molar-refractivity contribution in [2.75, 3.05) is 11.9 Å². The van der Waals surface area contributed by atoms with Gasteiger partial charge in [0.05, 0.1) is 24.2 Å². The van der Waals surface area contributed by atoms with Crippen molar-refractivity contribution < 1.29 is 22.7 Å². The first-order valence-electron chi connectivity index (χ1n) is 9.59. The number of alkyl halides is 1. The number of carbonyl (C=O) groups is 1. The Kier molecular flexibility index (Phi) is 6.08. The van der Waals surface area contributed by atoms with Gasteiger partial charge in [-0.15, -0.1) is 11.3 Å². The average molecular weight is 451 g/mol. The summed E-state index contributed by atoms with van der Waals surface area (Å²) >= 11 is 1.03. The minimum Gasteiger partial charge on any atom is -0.369 e. The Labute approximate surface area is 180 Å². The molecule has 1 aliphatic heterocycles. The molecule has 0 unspecified atom stereocenters. The van der Waals surface area contributed by atoms with Crippen molar-refractivity contribution in [3.63, 3.8) is 0 Å². The fourth-order valence-electron chi connectivity index (χ4n) is 3.44. The average Bonchev–Trinajstić information content (AvgIpc) is 3.33. The van der Waals surface area contributed by atoms with Crippen LogP contribution in [-0.2, 0) is 11.8 Å². The van der Waals surface area contributed by atoms with Crippen molar-refractivity contribution in [1.82, 2.24) is 14.8 Å². The van der Waals surface area contributed by atoms with Gasteiger partial charge in [-0.2, -0.15) is 5.10 Å². The number of thiazole rings is 1. The minimum absolute atomic E-state index is 0.0184. The number of amides is 1. The molecule has 1 aromatic carbocycles. The van der Waals surface area contributed by atoms with E-state index in [4.69, 9.17) is 10.5 Å². The summed E-state index contributed by atoms with van der Waals surface area (Å²) in [6.07, 6.45) is 0.631. The van der Waals surface area contributed by atoms with Crippen molar-refractivity contribution in [3.05, 3.63) is 52.8 Å². The molecule has 4 rings (SSSR count). The van der Waals surface area contributed by atoms with Gasteiger partial charge >= 0.3 is 0 Å². The molecular formula is C20H20F3N5O2S. The van der Waals surface area contributed by atoms with E-state index >= 15 is 0 Å². The summed E-state index contributed by atoms with van der Waals surface area (Å²) in [4.78, 5) is 16.9. The highest BCUT2D eigenvalue weighted by molar-refractivity contribution is 7.13. The molecule has 2 aromatic heterocycles. The maximum Gasteiger partial charge on any atom is 0.275 e. The van der Waals surface area contributed by atoms with Crippen LogP contribution in [0.3, 0.4) is 0 Å². The van der Waals surface area contributed by atoms with Crippen LogP contribution in [0.1, 0.15) is 35.1 Å². The largest absolute Gasteiger partial charge is 0.369 e. The van der Waals surface area contributed by atoms with E-state index in [1.54, 1.807) is 11.7 Å². The summed E-state index contributed by atoms with van der Waals surface area (Å²) in [7, 11) is 1.69. The number of ether oxygens (including phenoxy) is 1. The van der Waals surface area contributed by atoms with Crippen LogP contribution in [0.2, 0.25) is 0 Å². The van der Waals surface area contributed by atoms with Gasteiger partial charge in [0.2, 0.25) is 0 Å². The second kappa shape index (κ2) is 8.77. The quantitative estimate of drug-likeness (QED) is 0.632. The highest BCUT2D eigenvalue weighted by atomic mass is 32.1. The Balaban J connectivity index is 1.54. The smallest absolute Gasteiger partial charge is 0.275 e. The van der Waals surface area contributed by atoms with Crippen LogP contribution < -0.4 is 11.1 Å². The van der Waals surface area contributed by atoms with Gasteiger partial charge in [-0.1, -0.05) is 6.07 Å². The number of hydrogen-bond donors (Lipinski definition) is 2. The Hall–Kier alpha value is -2.76. The number of carbonyl (C=O) groups excluding carboxylic acids is 1. The fraction of sp³-hybridized carbons (Fsp3) is 0.350. The molecule has 11 heteroatoms. The summed E-state index contributed by atoms with van der Waals surface area (Å²) in [6, 6.07) is 3.17. The number of aromatic nitrogens is 3. The van der Waals surface area contributed by atoms with E-state index in [9.17, 15) is 18.0 Å². The van der Waals surface area contributed by atoms with Crippen LogP contribution in [0.5, 0.6) is 0 Å². The lowest BCUT2D eigenvalue weighted by atomic mass is 10.0. The minimum atomic E-state index is -1.26. The van der Waals surface area contributed by atoms with Gasteiger partial charge < -0.3 is 15.8 Å². The van der Waals surface area contributed by atoms with Crippen molar-refractivity contribution >= 4 is 22.9 Å². The monoisotopic (exact) mass is 451 g/mol. The number of nitrogens with one attached hydrogen (secondary N) is 1. The van der Waals surface area contributed by atoms with E-state index in [0.29, 0.717) is 24.2 Å². The van der Waals surface area contributed by atoms with E-state index in [0.717, 1.165) is 17.4 Å². The van der Waals surface area contributed by atoms with Gasteiger partial charge in [0.1, 0.15) is 23.0 Å². The molecule has 3 atom stereocenters. The van der Waals surface area contributed by atoms with Gasteiger partial charge in [-0.05, 0) is 25.0 Å². The summed E-state index contributed by atoms with van der Waals surface area (Å²) in [5.74, 6) is -2.55. The van der Waals surface area contributed by atoms with Gasteiger partial charge in [-0.25, -0.2) is 18.2 Å². The Morgan fingerprint density at radius 1 is 1.35 bits per heavy atom. The first kappa shape index (κ1) is 21.5. The fourth-order valence-corrected chi connectivity index (χ4v) is 4.26. The molecule has 3 N–H and O–H groups in total. The number of nitrogens with zero attached hydrogens (tertiary/aromatic N) is 3. The summed E-state index contributed by atoms with van der Waals surface area (Å²) in [5.41, 5.74) is 6.80. The van der Waals surface area contributed by atoms with Crippen molar-refractivity contribution in [1.29, 1.82) is 0 Å². The summed E-state index contributed by atoms with van der Waals surface area (Å²) < 4.78 is 48.6. The van der Waals surface area contributed by atoms with E-state index in [-0.39, 0.29) is 22.9 Å². The molecule has 31 heavy (non-hydrogen) atoms. The molecule has 1 aliphatic rings. The summed E-state index contributed by atoms with van der Waals surface area (Å²) in [6.45, 7) is -0.140. The van der Waals surface area contributed by atoms with E-state index < -0.39 is 35.9 Å². The maximum absolute atomic E-state index is 14.0. The number of hydrogen-bond acceptors (Lipinski definition) is 6. The van der Waals surface area contributed by atoms with Gasteiger partial charge in [0.15, 0.2) is 11.6 Å². The van der Waals surface area contributed by atoms with E-state index in [1.807, 2.05) is 0 Å². The van der Waals surface area contributed by atoms with Crippen LogP contribution in [0.4, 0.5) is 18.9 Å². The van der Waals surface area contributed by atoms with Gasteiger partial charge in [-0.3, -0.25) is 9.48 Å². The molecule has 1 saturated heterocycles. The highest BCUT2D eigenvalue weighted by Gasteiger charge is 2.30. The van der Waals surface area contributed by atoms with Crippen molar-refractivity contribution in [2.45, 2.75) is 31.2 Å². The van der Waals surface area contributed by atoms with Crippen LogP contribution in [0.15, 0.2) is 29.8 Å². The van der Waals surface area contributed by atoms with Crippen molar-refractivity contribution in [2.24, 2.45) is 12.8 Å². The number of benzene rings is 1. The topological polar surface area (TPSA) is 95.1 Å². The van der Waals surface area contributed by atoms with Gasteiger partial charge in [0.25, 0.3) is 5.91 Å². The molecular weight excluding hydrogens is 431 g/mol. The second-order valence-corrected chi connectivity index (χ2v) is 8.10. The van der Waals surface area contributed by atoms with Crippen LogP contribution in [0, 0.1) is 11.6 Å². The standard InChI is InChI=1S/C20H20F3N5O2S/c1-28-18(16-6-5-13(24)12(22)8-30-16)14(7-25-28)26-19(29)15-9-31-20(27-15)10-3-2-4-11(21)17(10)23/h2-4,7,9,12-13,16H,5-6,8,24H2,1H3,(H,26,29)/t12-,13-,16+/m1/s1. The molecule has 3 heterocycles. The predicted octanol–water partition coefficient (Wildman–Crippen LogP) is 3.59.